The van der Waals surface area contributed by atoms with Crippen LogP contribution in [0.15, 0.2) is 74.4 Å². The van der Waals surface area contributed by atoms with Gasteiger partial charge < -0.3 is 28.4 Å². The van der Waals surface area contributed by atoms with Crippen LogP contribution in [0, 0.1) is 11.3 Å². The van der Waals surface area contributed by atoms with Gasteiger partial charge in [-0.2, -0.15) is 5.26 Å². The summed E-state index contributed by atoms with van der Waals surface area (Å²) in [6, 6.07) is 17.1. The number of hydrogen-bond acceptors (Lipinski definition) is 11. The molecule has 1 aromatic heterocycles. The maximum absolute atomic E-state index is 14.4. The van der Waals surface area contributed by atoms with E-state index >= 15 is 0 Å². The lowest BCUT2D eigenvalue weighted by molar-refractivity contribution is -0.138. The molecule has 47 heavy (non-hydrogen) atoms. The molecule has 0 amide bonds. The molecule has 0 unspecified atom stereocenters. The highest BCUT2D eigenvalue weighted by Gasteiger charge is 2.36. The number of fused-ring (bicyclic) bond motifs is 1. The number of ether oxygens (including phenoxy) is 6. The third kappa shape index (κ3) is 6.47. The Labute approximate surface area is 282 Å². The Morgan fingerprint density at radius 1 is 1.00 bits per heavy atom. The minimum Gasteiger partial charge on any atom is -0.493 e. The molecule has 13 heteroatoms. The number of aromatic nitrogens is 1. The van der Waals surface area contributed by atoms with Crippen molar-refractivity contribution in [3.8, 4) is 34.8 Å². The van der Waals surface area contributed by atoms with Crippen LogP contribution in [0.5, 0.6) is 28.7 Å². The van der Waals surface area contributed by atoms with Crippen LogP contribution in [0.25, 0.3) is 11.8 Å². The fourth-order valence-corrected chi connectivity index (χ4v) is 6.81. The number of carbonyl (C=O) groups is 1. The van der Waals surface area contributed by atoms with Crippen LogP contribution in [0.4, 0.5) is 0 Å². The first kappa shape index (κ1) is 33.3. The Hall–Kier alpha value is -5.06. The number of methoxy groups -OCH3 is 4. The van der Waals surface area contributed by atoms with E-state index in [0.717, 1.165) is 0 Å². The van der Waals surface area contributed by atoms with Gasteiger partial charge in [0.15, 0.2) is 34.4 Å². The molecule has 0 aliphatic carbocycles. The number of esters is 1. The average Bonchev–Trinajstić information content (AvgIpc) is 3.40. The molecule has 1 atom stereocenters. The molecule has 0 saturated heterocycles. The summed E-state index contributed by atoms with van der Waals surface area (Å²) in [6.45, 7) is 1.66. The lowest BCUT2D eigenvalue weighted by Crippen LogP contribution is -2.40. The quantitative estimate of drug-likeness (QED) is 0.204. The molecule has 242 valence electrons. The Morgan fingerprint density at radius 2 is 1.66 bits per heavy atom. The van der Waals surface area contributed by atoms with Gasteiger partial charge in [0, 0.05) is 5.56 Å². The van der Waals surface area contributed by atoms with E-state index < -0.39 is 12.0 Å². The molecule has 0 saturated carbocycles. The summed E-state index contributed by atoms with van der Waals surface area (Å²) in [7, 11) is 5.97. The average molecular weight is 721 g/mol. The number of hydrogen-bond donors (Lipinski definition) is 0. The fourth-order valence-electron chi connectivity index (χ4n) is 5.23. The highest BCUT2D eigenvalue weighted by molar-refractivity contribution is 9.10. The van der Waals surface area contributed by atoms with Crippen LogP contribution >= 0.6 is 27.3 Å². The lowest BCUT2D eigenvalue weighted by atomic mass is 9.92. The molecule has 5 rings (SSSR count). The van der Waals surface area contributed by atoms with Gasteiger partial charge in [0.1, 0.15) is 6.07 Å². The topological polar surface area (TPSA) is 131 Å². The summed E-state index contributed by atoms with van der Waals surface area (Å²) in [5.74, 6) is 1.17. The van der Waals surface area contributed by atoms with Gasteiger partial charge >= 0.3 is 5.97 Å². The second kappa shape index (κ2) is 14.6. The van der Waals surface area contributed by atoms with Crippen molar-refractivity contribution in [2.45, 2.75) is 13.0 Å². The smallest absolute Gasteiger partial charge is 0.338 e. The van der Waals surface area contributed by atoms with Crippen LogP contribution < -0.4 is 38.6 Å². The zero-order chi connectivity index (χ0) is 33.7. The first-order chi connectivity index (χ1) is 22.8. The van der Waals surface area contributed by atoms with E-state index in [1.165, 1.54) is 44.3 Å². The summed E-state index contributed by atoms with van der Waals surface area (Å²) >= 11 is 4.65. The van der Waals surface area contributed by atoms with Crippen LogP contribution in [0.2, 0.25) is 0 Å². The SMILES string of the molecule is CCOC(=O)C1=C(c2ccccc2)N=c2s/c(=C\c3cc(Br)c(OCC#N)c(OC)c3)c(=O)n2[C@@H]1c1cc(OC)c(OC)c(OC)c1. The Bertz CT molecular complexity index is 2060. The number of thiazole rings is 1. The minimum absolute atomic E-state index is 0.113. The van der Waals surface area contributed by atoms with Gasteiger partial charge in [-0.3, -0.25) is 9.36 Å². The molecule has 0 N–H and O–H groups in total. The van der Waals surface area contributed by atoms with Gasteiger partial charge in [0.05, 0.1) is 61.4 Å². The highest BCUT2D eigenvalue weighted by Crippen LogP contribution is 2.43. The predicted molar refractivity (Wildman–Crippen MR) is 179 cm³/mol. The van der Waals surface area contributed by atoms with Gasteiger partial charge in [-0.25, -0.2) is 9.79 Å². The number of halogens is 1. The summed E-state index contributed by atoms with van der Waals surface area (Å²) < 4.78 is 35.8. The molecule has 11 nitrogen and oxygen atoms in total. The van der Waals surface area contributed by atoms with Crippen molar-refractivity contribution < 1.29 is 33.2 Å². The summed E-state index contributed by atoms with van der Waals surface area (Å²) in [6.07, 6.45) is 1.70. The molecule has 2 heterocycles. The molecule has 0 bridgehead atoms. The maximum Gasteiger partial charge on any atom is 0.338 e. The van der Waals surface area contributed by atoms with Crippen LogP contribution in [0.3, 0.4) is 0 Å². The number of rotatable bonds is 11. The molecule has 3 aromatic carbocycles. The predicted octanol–water partition coefficient (Wildman–Crippen LogP) is 4.63. The Kier molecular flexibility index (Phi) is 10.3. The van der Waals surface area contributed by atoms with Gasteiger partial charge in [-0.15, -0.1) is 0 Å². The third-order valence-corrected chi connectivity index (χ3v) is 8.78. The van der Waals surface area contributed by atoms with E-state index in [0.29, 0.717) is 64.9 Å². The Morgan fingerprint density at radius 3 is 2.26 bits per heavy atom. The van der Waals surface area contributed by atoms with Crippen molar-refractivity contribution in [3.05, 3.63) is 101 Å². The molecule has 1 aliphatic rings. The molecule has 0 radical (unpaired) electrons. The second-order valence-electron chi connectivity index (χ2n) is 9.87. The van der Waals surface area contributed by atoms with E-state index in [9.17, 15) is 9.59 Å². The zero-order valence-corrected chi connectivity index (χ0v) is 28.6. The van der Waals surface area contributed by atoms with Crippen LogP contribution in [-0.4, -0.2) is 52.2 Å². The number of nitriles is 1. The molecular weight excluding hydrogens is 690 g/mol. The molecule has 0 spiro atoms. The van der Waals surface area contributed by atoms with Crippen molar-refractivity contribution in [1.82, 2.24) is 4.57 Å². The van der Waals surface area contributed by atoms with Gasteiger partial charge in [-0.1, -0.05) is 41.7 Å². The molecule has 0 fully saturated rings. The summed E-state index contributed by atoms with van der Waals surface area (Å²) in [4.78, 5) is 33.5. The number of nitrogens with zero attached hydrogens (tertiary/aromatic N) is 3. The zero-order valence-electron chi connectivity index (χ0n) is 26.2. The third-order valence-electron chi connectivity index (χ3n) is 7.21. The van der Waals surface area contributed by atoms with Gasteiger partial charge in [0.25, 0.3) is 5.56 Å². The van der Waals surface area contributed by atoms with Crippen LogP contribution in [-0.2, 0) is 9.53 Å². The lowest BCUT2D eigenvalue weighted by Gasteiger charge is -2.27. The van der Waals surface area contributed by atoms with Gasteiger partial charge in [0.2, 0.25) is 5.75 Å². The highest BCUT2D eigenvalue weighted by atomic mass is 79.9. The fraction of sp³-hybridized carbons (Fsp3) is 0.235. The monoisotopic (exact) mass is 719 g/mol. The number of carbonyl (C=O) groups excluding carboxylic acids is 1. The first-order valence-electron chi connectivity index (χ1n) is 14.3. The van der Waals surface area contributed by atoms with Crippen LogP contribution in [0.1, 0.15) is 29.7 Å². The summed E-state index contributed by atoms with van der Waals surface area (Å²) in [5.41, 5.74) is 1.98. The minimum atomic E-state index is -0.973. The maximum atomic E-state index is 14.4. The molecule has 1 aliphatic heterocycles. The molecular formula is C34H30BrN3O8S. The first-order valence-corrected chi connectivity index (χ1v) is 15.9. The summed E-state index contributed by atoms with van der Waals surface area (Å²) in [5, 5.41) is 8.97. The van der Waals surface area contributed by atoms with E-state index in [2.05, 4.69) is 15.9 Å². The van der Waals surface area contributed by atoms with Crippen molar-refractivity contribution in [2.24, 2.45) is 4.99 Å². The standard InChI is InChI=1S/C34H30BrN3O8S/c1-6-45-33(40)27-28(20-10-8-7-9-11-20)37-34-38(29(27)21-17-24(42-3)31(44-5)25(18-21)43-4)32(39)26(47-34)16-19-14-22(35)30(46-13-12-36)23(15-19)41-2/h7-11,14-18,29H,6,13H2,1-5H3/b26-16-/t29-/m1/s1. The van der Waals surface area contributed by atoms with E-state index in [1.807, 2.05) is 36.4 Å². The van der Waals surface area contributed by atoms with Gasteiger partial charge in [-0.05, 0) is 64.3 Å². The second-order valence-corrected chi connectivity index (χ2v) is 11.7. The van der Waals surface area contributed by atoms with E-state index in [4.69, 9.17) is 38.7 Å². The number of benzene rings is 3. The van der Waals surface area contributed by atoms with E-state index in [1.54, 1.807) is 37.3 Å². The van der Waals surface area contributed by atoms with E-state index in [-0.39, 0.29) is 24.3 Å². The largest absolute Gasteiger partial charge is 0.493 e. The molecule has 4 aromatic rings. The van der Waals surface area contributed by atoms with Crippen molar-refractivity contribution in [1.29, 1.82) is 5.26 Å². The van der Waals surface area contributed by atoms with Crippen molar-refractivity contribution in [3.63, 3.8) is 0 Å². The van der Waals surface area contributed by atoms with Crippen molar-refractivity contribution in [2.75, 3.05) is 41.7 Å². The van der Waals surface area contributed by atoms with Crippen molar-refractivity contribution >= 4 is 45.0 Å². The Balaban J connectivity index is 1.83. The normalized spacial score (nSPS) is 14.1.